The number of morpholine rings is 1. The Hall–Kier alpha value is -1.71. The predicted octanol–water partition coefficient (Wildman–Crippen LogP) is 4.10. The monoisotopic (exact) mass is 316 g/mol. The van der Waals surface area contributed by atoms with Gasteiger partial charge in [0.2, 0.25) is 0 Å². The molecule has 0 spiro atoms. The molecule has 3 rings (SSSR count). The lowest BCUT2D eigenvalue weighted by Gasteiger charge is -2.31. The molecule has 2 aromatic rings. The molecule has 0 atom stereocenters. The minimum absolute atomic E-state index is 0.772. The number of hydrogen-bond donors (Lipinski definition) is 1. The van der Waals surface area contributed by atoms with Crippen LogP contribution >= 0.6 is 11.6 Å². The first-order valence-electron chi connectivity index (χ1n) is 7.64. The van der Waals surface area contributed by atoms with Crippen LogP contribution in [0.1, 0.15) is 11.1 Å². The molecule has 1 fully saturated rings. The largest absolute Gasteiger partial charge is 0.379 e. The number of rotatable bonds is 4. The molecule has 4 heteroatoms. The lowest BCUT2D eigenvalue weighted by molar-refractivity contribution is 0.123. The van der Waals surface area contributed by atoms with E-state index in [2.05, 4.69) is 47.5 Å². The molecule has 2 aromatic carbocycles. The average molecular weight is 317 g/mol. The molecule has 0 amide bonds. The van der Waals surface area contributed by atoms with E-state index in [1.54, 1.807) is 0 Å². The van der Waals surface area contributed by atoms with Crippen molar-refractivity contribution in [3.05, 3.63) is 58.6 Å². The number of nitrogens with one attached hydrogen (secondary N) is 1. The van der Waals surface area contributed by atoms with Crippen LogP contribution in [0, 0.1) is 6.92 Å². The van der Waals surface area contributed by atoms with Crippen LogP contribution < -0.4 is 10.2 Å². The zero-order valence-corrected chi connectivity index (χ0v) is 13.6. The number of ether oxygens (including phenoxy) is 1. The Labute approximate surface area is 136 Å². The van der Waals surface area contributed by atoms with Crippen LogP contribution in [0.2, 0.25) is 5.02 Å². The lowest BCUT2D eigenvalue weighted by Crippen LogP contribution is -2.36. The van der Waals surface area contributed by atoms with Crippen LogP contribution in [-0.2, 0) is 11.3 Å². The van der Waals surface area contributed by atoms with Gasteiger partial charge >= 0.3 is 0 Å². The Balaban J connectivity index is 1.76. The second kappa shape index (κ2) is 7.03. The van der Waals surface area contributed by atoms with E-state index in [9.17, 15) is 0 Å². The Bertz CT molecular complexity index is 621. The van der Waals surface area contributed by atoms with Crippen molar-refractivity contribution >= 4 is 23.0 Å². The number of benzene rings is 2. The van der Waals surface area contributed by atoms with Crippen molar-refractivity contribution in [2.75, 3.05) is 36.5 Å². The van der Waals surface area contributed by atoms with Crippen LogP contribution in [0.4, 0.5) is 11.4 Å². The van der Waals surface area contributed by atoms with Crippen LogP contribution in [0.3, 0.4) is 0 Å². The first-order chi connectivity index (χ1) is 10.7. The van der Waals surface area contributed by atoms with E-state index in [0.717, 1.165) is 37.9 Å². The van der Waals surface area contributed by atoms with Crippen molar-refractivity contribution in [1.29, 1.82) is 0 Å². The number of nitrogens with zero attached hydrogens (tertiary/aromatic N) is 1. The molecule has 3 nitrogen and oxygen atoms in total. The zero-order chi connectivity index (χ0) is 15.4. The van der Waals surface area contributed by atoms with Gasteiger partial charge in [-0.25, -0.2) is 0 Å². The number of halogens is 1. The normalized spacial score (nSPS) is 14.9. The molecule has 0 aliphatic carbocycles. The van der Waals surface area contributed by atoms with Crippen molar-refractivity contribution in [2.24, 2.45) is 0 Å². The van der Waals surface area contributed by atoms with Gasteiger partial charge in [0.15, 0.2) is 0 Å². The highest BCUT2D eigenvalue weighted by atomic mass is 35.5. The average Bonchev–Trinajstić information content (AvgIpc) is 2.55. The molecular weight excluding hydrogens is 296 g/mol. The third kappa shape index (κ3) is 3.73. The highest BCUT2D eigenvalue weighted by molar-refractivity contribution is 6.30. The van der Waals surface area contributed by atoms with Crippen LogP contribution in [0.5, 0.6) is 0 Å². The van der Waals surface area contributed by atoms with Gasteiger partial charge in [0.25, 0.3) is 0 Å². The molecule has 116 valence electrons. The van der Waals surface area contributed by atoms with Gasteiger partial charge in [0, 0.05) is 24.7 Å². The summed E-state index contributed by atoms with van der Waals surface area (Å²) in [7, 11) is 0. The highest BCUT2D eigenvalue weighted by Gasteiger charge is 2.14. The van der Waals surface area contributed by atoms with Gasteiger partial charge < -0.3 is 15.0 Å². The van der Waals surface area contributed by atoms with Crippen LogP contribution in [0.15, 0.2) is 42.5 Å². The third-order valence-electron chi connectivity index (χ3n) is 3.90. The van der Waals surface area contributed by atoms with Gasteiger partial charge in [-0.3, -0.25) is 0 Å². The molecular formula is C18H21ClN2O. The Kier molecular flexibility index (Phi) is 4.86. The first-order valence-corrected chi connectivity index (χ1v) is 8.02. The molecule has 1 N–H and O–H groups in total. The summed E-state index contributed by atoms with van der Waals surface area (Å²) in [5.74, 6) is 0. The van der Waals surface area contributed by atoms with E-state index in [1.807, 2.05) is 12.1 Å². The molecule has 0 unspecified atom stereocenters. The number of aryl methyl sites for hydroxylation is 1. The topological polar surface area (TPSA) is 24.5 Å². The summed E-state index contributed by atoms with van der Waals surface area (Å²) in [5, 5.41) is 4.33. The summed E-state index contributed by atoms with van der Waals surface area (Å²) >= 11 is 5.94. The molecule has 1 aliphatic heterocycles. The van der Waals surface area contributed by atoms with Crippen molar-refractivity contribution in [3.8, 4) is 0 Å². The predicted molar refractivity (Wildman–Crippen MR) is 93.0 cm³/mol. The standard InChI is InChI=1S/C18H21ClN2O/c1-14-2-7-18(21-8-10-22-11-9-21)17(12-14)20-13-15-3-5-16(19)6-4-15/h2-7,12,20H,8-11,13H2,1H3. The van der Waals surface area contributed by atoms with Crippen molar-refractivity contribution in [1.82, 2.24) is 0 Å². The summed E-state index contributed by atoms with van der Waals surface area (Å²) in [6.07, 6.45) is 0. The summed E-state index contributed by atoms with van der Waals surface area (Å²) in [6.45, 7) is 6.39. The van der Waals surface area contributed by atoms with E-state index in [0.29, 0.717) is 0 Å². The van der Waals surface area contributed by atoms with Gasteiger partial charge in [-0.15, -0.1) is 0 Å². The van der Waals surface area contributed by atoms with E-state index >= 15 is 0 Å². The van der Waals surface area contributed by atoms with E-state index in [4.69, 9.17) is 16.3 Å². The molecule has 1 heterocycles. The second-order valence-electron chi connectivity index (χ2n) is 5.60. The molecule has 0 bridgehead atoms. The third-order valence-corrected chi connectivity index (χ3v) is 4.15. The molecule has 0 saturated carbocycles. The summed E-state index contributed by atoms with van der Waals surface area (Å²) in [6, 6.07) is 14.5. The molecule has 0 radical (unpaired) electrons. The van der Waals surface area contributed by atoms with Gasteiger partial charge in [0.1, 0.15) is 0 Å². The van der Waals surface area contributed by atoms with Crippen molar-refractivity contribution < 1.29 is 4.74 Å². The Morgan fingerprint density at radius 2 is 1.82 bits per heavy atom. The minimum Gasteiger partial charge on any atom is -0.379 e. The minimum atomic E-state index is 0.772. The zero-order valence-electron chi connectivity index (χ0n) is 12.8. The summed E-state index contributed by atoms with van der Waals surface area (Å²) in [4.78, 5) is 2.38. The molecule has 1 saturated heterocycles. The Morgan fingerprint density at radius 3 is 2.55 bits per heavy atom. The smallest absolute Gasteiger partial charge is 0.0642 e. The number of hydrogen-bond acceptors (Lipinski definition) is 3. The van der Waals surface area contributed by atoms with Gasteiger partial charge in [-0.05, 0) is 42.3 Å². The first kappa shape index (κ1) is 15.2. The fraction of sp³-hybridized carbons (Fsp3) is 0.333. The number of anilines is 2. The van der Waals surface area contributed by atoms with Crippen LogP contribution in [0.25, 0.3) is 0 Å². The molecule has 22 heavy (non-hydrogen) atoms. The van der Waals surface area contributed by atoms with Gasteiger partial charge in [0.05, 0.1) is 24.6 Å². The maximum absolute atomic E-state index is 5.94. The fourth-order valence-electron chi connectivity index (χ4n) is 2.67. The lowest BCUT2D eigenvalue weighted by atomic mass is 10.1. The summed E-state index contributed by atoms with van der Waals surface area (Å²) in [5.41, 5.74) is 4.91. The van der Waals surface area contributed by atoms with Crippen molar-refractivity contribution in [2.45, 2.75) is 13.5 Å². The van der Waals surface area contributed by atoms with Crippen LogP contribution in [-0.4, -0.2) is 26.3 Å². The van der Waals surface area contributed by atoms with Gasteiger partial charge in [-0.1, -0.05) is 29.8 Å². The molecule has 1 aliphatic rings. The Morgan fingerprint density at radius 1 is 1.09 bits per heavy atom. The molecule has 0 aromatic heterocycles. The highest BCUT2D eigenvalue weighted by Crippen LogP contribution is 2.28. The van der Waals surface area contributed by atoms with E-state index < -0.39 is 0 Å². The second-order valence-corrected chi connectivity index (χ2v) is 6.04. The summed E-state index contributed by atoms with van der Waals surface area (Å²) < 4.78 is 5.45. The van der Waals surface area contributed by atoms with Gasteiger partial charge in [-0.2, -0.15) is 0 Å². The fourth-order valence-corrected chi connectivity index (χ4v) is 2.80. The maximum atomic E-state index is 5.94. The van der Waals surface area contributed by atoms with E-state index in [1.165, 1.54) is 22.5 Å². The van der Waals surface area contributed by atoms with Crippen molar-refractivity contribution in [3.63, 3.8) is 0 Å². The SMILES string of the molecule is Cc1ccc(N2CCOCC2)c(NCc2ccc(Cl)cc2)c1. The maximum Gasteiger partial charge on any atom is 0.0642 e. The van der Waals surface area contributed by atoms with E-state index in [-0.39, 0.29) is 0 Å². The quantitative estimate of drug-likeness (QED) is 0.919.